The summed E-state index contributed by atoms with van der Waals surface area (Å²) in [6.45, 7) is 1.96. The molecule has 0 bridgehead atoms. The summed E-state index contributed by atoms with van der Waals surface area (Å²) in [4.78, 5) is 0. The van der Waals surface area contributed by atoms with E-state index in [2.05, 4.69) is 5.32 Å². The fraction of sp³-hybridized carbons (Fsp3) is 0.294. The van der Waals surface area contributed by atoms with Crippen molar-refractivity contribution in [1.82, 2.24) is 5.32 Å². The Bertz CT molecular complexity index is 630. The number of ether oxygens (including phenoxy) is 1. The number of halogens is 2. The highest BCUT2D eigenvalue weighted by molar-refractivity contribution is 6.31. The minimum atomic E-state index is -0.300. The number of nitrogens with one attached hydrogen (secondary N) is 1. The second-order valence-corrected chi connectivity index (χ2v) is 5.39. The molecular formula is C17H19ClFNO. The SMILES string of the molecule is CNC(Cc1cccc(OC)c1F)c1ccc(Cl)c(C)c1. The predicted molar refractivity (Wildman–Crippen MR) is 84.6 cm³/mol. The van der Waals surface area contributed by atoms with Crippen LogP contribution in [0.25, 0.3) is 0 Å². The smallest absolute Gasteiger partial charge is 0.168 e. The lowest BCUT2D eigenvalue weighted by atomic mass is 9.97. The summed E-state index contributed by atoms with van der Waals surface area (Å²) < 4.78 is 19.3. The molecule has 2 rings (SSSR count). The largest absolute Gasteiger partial charge is 0.494 e. The molecule has 0 heterocycles. The van der Waals surface area contributed by atoms with Gasteiger partial charge in [-0.15, -0.1) is 0 Å². The number of rotatable bonds is 5. The highest BCUT2D eigenvalue weighted by Crippen LogP contribution is 2.27. The Balaban J connectivity index is 2.29. The van der Waals surface area contributed by atoms with Gasteiger partial charge in [0.15, 0.2) is 11.6 Å². The summed E-state index contributed by atoms with van der Waals surface area (Å²) in [6, 6.07) is 11.1. The van der Waals surface area contributed by atoms with Gasteiger partial charge in [-0.3, -0.25) is 0 Å². The zero-order chi connectivity index (χ0) is 15.4. The van der Waals surface area contributed by atoms with Gasteiger partial charge in [0.1, 0.15) is 0 Å². The fourth-order valence-electron chi connectivity index (χ4n) is 2.36. The van der Waals surface area contributed by atoms with Crippen molar-refractivity contribution in [3.63, 3.8) is 0 Å². The zero-order valence-electron chi connectivity index (χ0n) is 12.4. The summed E-state index contributed by atoms with van der Waals surface area (Å²) in [6.07, 6.45) is 0.542. The monoisotopic (exact) mass is 307 g/mol. The Morgan fingerprint density at radius 1 is 1.29 bits per heavy atom. The van der Waals surface area contributed by atoms with Crippen molar-refractivity contribution in [2.45, 2.75) is 19.4 Å². The van der Waals surface area contributed by atoms with Gasteiger partial charge in [-0.25, -0.2) is 4.39 Å². The average molecular weight is 308 g/mol. The van der Waals surface area contributed by atoms with Crippen LogP contribution in [0, 0.1) is 12.7 Å². The Labute approximate surface area is 129 Å². The van der Waals surface area contributed by atoms with E-state index in [4.69, 9.17) is 16.3 Å². The Hall–Kier alpha value is -1.58. The van der Waals surface area contributed by atoms with Crippen molar-refractivity contribution >= 4 is 11.6 Å². The number of aryl methyl sites for hydroxylation is 1. The zero-order valence-corrected chi connectivity index (χ0v) is 13.2. The summed E-state index contributed by atoms with van der Waals surface area (Å²) in [5.74, 6) is -0.0272. The van der Waals surface area contributed by atoms with Crippen LogP contribution in [0.15, 0.2) is 36.4 Å². The molecule has 0 aliphatic rings. The summed E-state index contributed by atoms with van der Waals surface area (Å²) in [5, 5.41) is 3.96. The molecule has 0 aromatic heterocycles. The average Bonchev–Trinajstić information content (AvgIpc) is 2.49. The molecule has 1 atom stereocenters. The number of likely N-dealkylation sites (N-methyl/N-ethyl adjacent to an activating group) is 1. The summed E-state index contributed by atoms with van der Waals surface area (Å²) in [7, 11) is 3.34. The van der Waals surface area contributed by atoms with Gasteiger partial charge in [-0.05, 0) is 49.2 Å². The molecule has 0 aliphatic carbocycles. The summed E-state index contributed by atoms with van der Waals surface area (Å²) >= 11 is 6.06. The summed E-state index contributed by atoms with van der Waals surface area (Å²) in [5.41, 5.74) is 2.73. The maximum Gasteiger partial charge on any atom is 0.168 e. The third kappa shape index (κ3) is 3.55. The first-order valence-electron chi connectivity index (χ1n) is 6.81. The van der Waals surface area contributed by atoms with E-state index in [9.17, 15) is 4.39 Å². The van der Waals surface area contributed by atoms with Crippen LogP contribution >= 0.6 is 11.6 Å². The Morgan fingerprint density at radius 2 is 2.05 bits per heavy atom. The molecule has 0 spiro atoms. The maximum absolute atomic E-state index is 14.3. The first-order valence-corrected chi connectivity index (χ1v) is 7.19. The van der Waals surface area contributed by atoms with E-state index in [-0.39, 0.29) is 17.6 Å². The normalized spacial score (nSPS) is 12.2. The van der Waals surface area contributed by atoms with Crippen molar-refractivity contribution in [2.75, 3.05) is 14.2 Å². The molecule has 0 amide bonds. The molecule has 0 radical (unpaired) electrons. The third-order valence-corrected chi connectivity index (χ3v) is 4.04. The number of hydrogen-bond acceptors (Lipinski definition) is 2. The molecule has 0 saturated heterocycles. The van der Waals surface area contributed by atoms with Gasteiger partial charge >= 0.3 is 0 Å². The van der Waals surface area contributed by atoms with Crippen molar-refractivity contribution in [3.05, 3.63) is 63.9 Å². The third-order valence-electron chi connectivity index (χ3n) is 3.62. The number of methoxy groups -OCH3 is 1. The van der Waals surface area contributed by atoms with Gasteiger partial charge in [0.25, 0.3) is 0 Å². The Morgan fingerprint density at radius 3 is 2.67 bits per heavy atom. The molecule has 2 aromatic rings. The first-order chi connectivity index (χ1) is 10.1. The molecule has 0 saturated carbocycles. The van der Waals surface area contributed by atoms with Gasteiger partial charge in [0.2, 0.25) is 0 Å². The lowest BCUT2D eigenvalue weighted by Gasteiger charge is -2.18. The van der Waals surface area contributed by atoms with Crippen LogP contribution in [-0.2, 0) is 6.42 Å². The molecule has 0 fully saturated rings. The quantitative estimate of drug-likeness (QED) is 0.889. The lowest BCUT2D eigenvalue weighted by Crippen LogP contribution is -2.19. The molecule has 1 N–H and O–H groups in total. The van der Waals surface area contributed by atoms with E-state index in [0.717, 1.165) is 16.1 Å². The van der Waals surface area contributed by atoms with Crippen molar-refractivity contribution < 1.29 is 9.13 Å². The van der Waals surface area contributed by atoms with Gasteiger partial charge < -0.3 is 10.1 Å². The van der Waals surface area contributed by atoms with Crippen LogP contribution in [0.2, 0.25) is 5.02 Å². The van der Waals surface area contributed by atoms with E-state index in [1.807, 2.05) is 32.2 Å². The molecule has 0 aliphatic heterocycles. The molecule has 2 nitrogen and oxygen atoms in total. The van der Waals surface area contributed by atoms with E-state index < -0.39 is 0 Å². The minimum absolute atomic E-state index is 0.0163. The predicted octanol–water partition coefficient (Wildman–Crippen LogP) is 4.30. The van der Waals surface area contributed by atoms with E-state index in [0.29, 0.717) is 12.0 Å². The van der Waals surface area contributed by atoms with Crippen LogP contribution in [-0.4, -0.2) is 14.2 Å². The second-order valence-electron chi connectivity index (χ2n) is 4.99. The lowest BCUT2D eigenvalue weighted by molar-refractivity contribution is 0.383. The van der Waals surface area contributed by atoms with Crippen LogP contribution < -0.4 is 10.1 Å². The van der Waals surface area contributed by atoms with E-state index in [1.165, 1.54) is 7.11 Å². The van der Waals surface area contributed by atoms with Gasteiger partial charge in [0.05, 0.1) is 7.11 Å². The van der Waals surface area contributed by atoms with Crippen molar-refractivity contribution in [1.29, 1.82) is 0 Å². The standard InChI is InChI=1S/C17H19ClFNO/c1-11-9-12(7-8-14(11)18)15(20-2)10-13-5-4-6-16(21-3)17(13)19/h4-9,15,20H,10H2,1-3H3. The highest BCUT2D eigenvalue weighted by atomic mass is 35.5. The van der Waals surface area contributed by atoms with Gasteiger partial charge in [-0.2, -0.15) is 0 Å². The van der Waals surface area contributed by atoms with Crippen molar-refractivity contribution in [2.24, 2.45) is 0 Å². The first kappa shape index (κ1) is 15.8. The number of benzene rings is 2. The topological polar surface area (TPSA) is 21.3 Å². The second kappa shape index (κ2) is 6.92. The van der Waals surface area contributed by atoms with E-state index >= 15 is 0 Å². The van der Waals surface area contributed by atoms with Crippen LogP contribution in [0.4, 0.5) is 4.39 Å². The highest BCUT2D eigenvalue weighted by Gasteiger charge is 2.15. The maximum atomic E-state index is 14.3. The van der Waals surface area contributed by atoms with Crippen LogP contribution in [0.1, 0.15) is 22.7 Å². The molecule has 4 heteroatoms. The fourth-order valence-corrected chi connectivity index (χ4v) is 2.48. The van der Waals surface area contributed by atoms with Crippen LogP contribution in [0.3, 0.4) is 0 Å². The van der Waals surface area contributed by atoms with Gasteiger partial charge in [0, 0.05) is 11.1 Å². The number of hydrogen-bond donors (Lipinski definition) is 1. The molecule has 1 unspecified atom stereocenters. The Kier molecular flexibility index (Phi) is 5.21. The minimum Gasteiger partial charge on any atom is -0.494 e. The molecular weight excluding hydrogens is 289 g/mol. The van der Waals surface area contributed by atoms with Crippen LogP contribution in [0.5, 0.6) is 5.75 Å². The molecule has 21 heavy (non-hydrogen) atoms. The van der Waals surface area contributed by atoms with Crippen molar-refractivity contribution in [3.8, 4) is 5.75 Å². The molecule has 2 aromatic carbocycles. The van der Waals surface area contributed by atoms with E-state index in [1.54, 1.807) is 18.2 Å². The molecule has 112 valence electrons. The van der Waals surface area contributed by atoms with Gasteiger partial charge in [-0.1, -0.05) is 35.9 Å².